The molecule has 1 aromatic rings. The molecule has 1 unspecified atom stereocenters. The van der Waals surface area contributed by atoms with Crippen molar-refractivity contribution in [3.8, 4) is 5.75 Å². The standard InChI is InChI=1S/C13H18FNO/c1-2-16-12-5-3-4-11(8-12)13(14,9-15)10-6-7-10/h3-5,8,10H,2,6-7,9,15H2,1H3. The maximum absolute atomic E-state index is 14.7. The Hall–Kier alpha value is -1.09. The second-order valence-corrected chi connectivity index (χ2v) is 4.30. The summed E-state index contributed by atoms with van der Waals surface area (Å²) in [6.07, 6.45) is 1.87. The van der Waals surface area contributed by atoms with Gasteiger partial charge in [-0.15, -0.1) is 0 Å². The van der Waals surface area contributed by atoms with Crippen LogP contribution in [-0.4, -0.2) is 13.2 Å². The zero-order valence-corrected chi connectivity index (χ0v) is 9.58. The van der Waals surface area contributed by atoms with Gasteiger partial charge in [0.05, 0.1) is 6.61 Å². The molecule has 2 N–H and O–H groups in total. The van der Waals surface area contributed by atoms with Gasteiger partial charge >= 0.3 is 0 Å². The van der Waals surface area contributed by atoms with E-state index in [0.717, 1.165) is 18.6 Å². The zero-order chi connectivity index (χ0) is 11.6. The Morgan fingerprint density at radius 1 is 1.50 bits per heavy atom. The van der Waals surface area contributed by atoms with Crippen molar-refractivity contribution in [1.82, 2.24) is 0 Å². The summed E-state index contributed by atoms with van der Waals surface area (Å²) in [5, 5.41) is 0. The van der Waals surface area contributed by atoms with Gasteiger partial charge in [-0.05, 0) is 43.4 Å². The predicted molar refractivity (Wildman–Crippen MR) is 62.2 cm³/mol. The number of halogens is 1. The molecule has 2 rings (SSSR count). The lowest BCUT2D eigenvalue weighted by Crippen LogP contribution is -2.32. The summed E-state index contributed by atoms with van der Waals surface area (Å²) in [5.41, 5.74) is 4.88. The first-order valence-electron chi connectivity index (χ1n) is 5.83. The summed E-state index contributed by atoms with van der Waals surface area (Å²) in [4.78, 5) is 0. The highest BCUT2D eigenvalue weighted by Gasteiger charge is 2.46. The predicted octanol–water partition coefficient (Wildman–Crippen LogP) is 2.62. The van der Waals surface area contributed by atoms with E-state index in [2.05, 4.69) is 0 Å². The van der Waals surface area contributed by atoms with Crippen LogP contribution in [0.4, 0.5) is 4.39 Å². The fourth-order valence-electron chi connectivity index (χ4n) is 2.07. The molecule has 3 heteroatoms. The molecule has 0 spiro atoms. The summed E-state index contributed by atoms with van der Waals surface area (Å²) in [5.74, 6) is 0.811. The molecule has 1 aliphatic rings. The Kier molecular flexibility index (Phi) is 3.15. The first-order valence-corrected chi connectivity index (χ1v) is 5.83. The van der Waals surface area contributed by atoms with Crippen LogP contribution in [0.25, 0.3) is 0 Å². The van der Waals surface area contributed by atoms with E-state index in [4.69, 9.17) is 10.5 Å². The van der Waals surface area contributed by atoms with Gasteiger partial charge in [0.15, 0.2) is 5.67 Å². The molecule has 1 atom stereocenters. The summed E-state index contributed by atoms with van der Waals surface area (Å²) in [6.45, 7) is 2.56. The fraction of sp³-hybridized carbons (Fsp3) is 0.538. The van der Waals surface area contributed by atoms with Crippen molar-refractivity contribution in [3.05, 3.63) is 29.8 Å². The first kappa shape index (κ1) is 11.4. The monoisotopic (exact) mass is 223 g/mol. The lowest BCUT2D eigenvalue weighted by Gasteiger charge is -2.24. The molecule has 0 aromatic heterocycles. The SMILES string of the molecule is CCOc1cccc(C(F)(CN)C2CC2)c1. The quantitative estimate of drug-likeness (QED) is 0.832. The number of hydrogen-bond donors (Lipinski definition) is 1. The molecule has 0 amide bonds. The zero-order valence-electron chi connectivity index (χ0n) is 9.58. The van der Waals surface area contributed by atoms with Crippen LogP contribution in [-0.2, 0) is 5.67 Å². The van der Waals surface area contributed by atoms with Crippen molar-refractivity contribution in [1.29, 1.82) is 0 Å². The third-order valence-electron chi connectivity index (χ3n) is 3.15. The second kappa shape index (κ2) is 4.42. The lowest BCUT2D eigenvalue weighted by molar-refractivity contribution is 0.142. The van der Waals surface area contributed by atoms with Gasteiger partial charge in [0, 0.05) is 6.54 Å². The van der Waals surface area contributed by atoms with Crippen LogP contribution in [0, 0.1) is 5.92 Å². The highest BCUT2D eigenvalue weighted by atomic mass is 19.1. The van der Waals surface area contributed by atoms with Gasteiger partial charge < -0.3 is 10.5 Å². The van der Waals surface area contributed by atoms with E-state index in [-0.39, 0.29) is 12.5 Å². The van der Waals surface area contributed by atoms with E-state index >= 15 is 0 Å². The third kappa shape index (κ3) is 2.05. The van der Waals surface area contributed by atoms with Crippen molar-refractivity contribution in [2.24, 2.45) is 11.7 Å². The number of alkyl halides is 1. The molecular weight excluding hydrogens is 205 g/mol. The summed E-state index contributed by atoms with van der Waals surface area (Å²) >= 11 is 0. The number of ether oxygens (including phenoxy) is 1. The molecule has 0 bridgehead atoms. The molecule has 0 radical (unpaired) electrons. The van der Waals surface area contributed by atoms with E-state index in [9.17, 15) is 4.39 Å². The molecule has 1 aromatic carbocycles. The minimum atomic E-state index is -1.37. The Labute approximate surface area is 95.6 Å². The summed E-state index contributed by atoms with van der Waals surface area (Å²) in [7, 11) is 0. The molecule has 16 heavy (non-hydrogen) atoms. The number of nitrogens with two attached hydrogens (primary N) is 1. The van der Waals surface area contributed by atoms with Crippen LogP contribution in [0.5, 0.6) is 5.75 Å². The molecule has 0 aliphatic heterocycles. The van der Waals surface area contributed by atoms with Crippen LogP contribution in [0.3, 0.4) is 0 Å². The van der Waals surface area contributed by atoms with E-state index in [1.807, 2.05) is 19.1 Å². The van der Waals surface area contributed by atoms with Crippen LogP contribution in [0.2, 0.25) is 0 Å². The molecule has 88 valence electrons. The van der Waals surface area contributed by atoms with E-state index < -0.39 is 5.67 Å². The summed E-state index contributed by atoms with van der Waals surface area (Å²) < 4.78 is 20.1. The van der Waals surface area contributed by atoms with Gasteiger partial charge in [-0.1, -0.05) is 12.1 Å². The van der Waals surface area contributed by atoms with Gasteiger partial charge in [0.1, 0.15) is 5.75 Å². The minimum absolute atomic E-state index is 0.0489. The average Bonchev–Trinajstić information content (AvgIpc) is 3.13. The van der Waals surface area contributed by atoms with Crippen molar-refractivity contribution in [2.45, 2.75) is 25.4 Å². The van der Waals surface area contributed by atoms with Gasteiger partial charge in [0.2, 0.25) is 0 Å². The fourth-order valence-corrected chi connectivity index (χ4v) is 2.07. The van der Waals surface area contributed by atoms with Crippen LogP contribution in [0.1, 0.15) is 25.3 Å². The number of benzene rings is 1. The normalized spacial score (nSPS) is 19.2. The smallest absolute Gasteiger partial charge is 0.151 e. The topological polar surface area (TPSA) is 35.2 Å². The number of hydrogen-bond acceptors (Lipinski definition) is 2. The molecule has 0 heterocycles. The Morgan fingerprint density at radius 3 is 2.81 bits per heavy atom. The minimum Gasteiger partial charge on any atom is -0.494 e. The van der Waals surface area contributed by atoms with E-state index in [1.54, 1.807) is 12.1 Å². The van der Waals surface area contributed by atoms with Gasteiger partial charge in [0.25, 0.3) is 0 Å². The van der Waals surface area contributed by atoms with Crippen molar-refractivity contribution < 1.29 is 9.13 Å². The van der Waals surface area contributed by atoms with E-state index in [0.29, 0.717) is 12.2 Å². The molecule has 0 saturated heterocycles. The largest absolute Gasteiger partial charge is 0.494 e. The van der Waals surface area contributed by atoms with Gasteiger partial charge in [-0.2, -0.15) is 0 Å². The first-order chi connectivity index (χ1) is 7.70. The maximum atomic E-state index is 14.7. The number of rotatable bonds is 5. The van der Waals surface area contributed by atoms with Crippen LogP contribution < -0.4 is 10.5 Å². The van der Waals surface area contributed by atoms with Crippen molar-refractivity contribution >= 4 is 0 Å². The van der Waals surface area contributed by atoms with Crippen LogP contribution >= 0.6 is 0 Å². The molecule has 1 aliphatic carbocycles. The van der Waals surface area contributed by atoms with Crippen molar-refractivity contribution in [2.75, 3.05) is 13.2 Å². The highest BCUT2D eigenvalue weighted by molar-refractivity contribution is 5.34. The van der Waals surface area contributed by atoms with Gasteiger partial charge in [-0.3, -0.25) is 0 Å². The summed E-state index contributed by atoms with van der Waals surface area (Å²) in [6, 6.07) is 7.24. The molecule has 1 saturated carbocycles. The second-order valence-electron chi connectivity index (χ2n) is 4.30. The molecule has 1 fully saturated rings. The maximum Gasteiger partial charge on any atom is 0.151 e. The average molecular weight is 223 g/mol. The Balaban J connectivity index is 2.27. The third-order valence-corrected chi connectivity index (χ3v) is 3.15. The Bertz CT molecular complexity index is 365. The van der Waals surface area contributed by atoms with Gasteiger partial charge in [-0.25, -0.2) is 4.39 Å². The molecule has 2 nitrogen and oxygen atoms in total. The van der Waals surface area contributed by atoms with Crippen molar-refractivity contribution in [3.63, 3.8) is 0 Å². The lowest BCUT2D eigenvalue weighted by atomic mass is 9.90. The van der Waals surface area contributed by atoms with E-state index in [1.165, 1.54) is 0 Å². The van der Waals surface area contributed by atoms with Crippen LogP contribution in [0.15, 0.2) is 24.3 Å². The molecular formula is C13H18FNO. The highest BCUT2D eigenvalue weighted by Crippen LogP contribution is 2.48. The Morgan fingerprint density at radius 2 is 2.25 bits per heavy atom.